The number of fused-ring (bicyclic) bond motifs is 1. The van der Waals surface area contributed by atoms with Crippen molar-refractivity contribution < 1.29 is 14.7 Å². The summed E-state index contributed by atoms with van der Waals surface area (Å²) in [6, 6.07) is 14.4. The summed E-state index contributed by atoms with van der Waals surface area (Å²) >= 11 is 0. The van der Waals surface area contributed by atoms with Crippen molar-refractivity contribution in [1.82, 2.24) is 5.01 Å². The van der Waals surface area contributed by atoms with E-state index in [2.05, 4.69) is 46.0 Å². The molecule has 0 saturated heterocycles. The van der Waals surface area contributed by atoms with Crippen LogP contribution in [0, 0.1) is 13.5 Å². The fourth-order valence-electron chi connectivity index (χ4n) is 3.76. The number of amidine groups is 1. The molecule has 2 aliphatic rings. The highest BCUT2D eigenvalue weighted by atomic mass is 16.4. The number of carbonyl (C=O) groups is 2. The molecule has 1 amide bonds. The van der Waals surface area contributed by atoms with Crippen LogP contribution in [0.4, 0.5) is 11.4 Å². The highest BCUT2D eigenvalue weighted by molar-refractivity contribution is 6.30. The number of amides is 1. The summed E-state index contributed by atoms with van der Waals surface area (Å²) in [7, 11) is 0. The molecule has 2 aromatic rings. The molecule has 150 valence electrons. The molecule has 0 spiro atoms. The largest absolute Gasteiger partial charge is 0.480 e. The maximum atomic E-state index is 12.5. The van der Waals surface area contributed by atoms with E-state index >= 15 is 0 Å². The Bertz CT molecular complexity index is 1130. The SMILES string of the molecule is [C-]#[N+]C1=NN(CC(=O)O)C(=O)C1=Cc1ccc2c(c1)CCCN2c1ccc(C)cc1. The van der Waals surface area contributed by atoms with Crippen LogP contribution in [0.3, 0.4) is 0 Å². The summed E-state index contributed by atoms with van der Waals surface area (Å²) in [5.41, 5.74) is 5.58. The Balaban J connectivity index is 1.65. The van der Waals surface area contributed by atoms with Crippen LogP contribution in [-0.2, 0) is 16.0 Å². The fraction of sp³-hybridized carbons (Fsp3) is 0.217. The Hall–Kier alpha value is -3.92. The van der Waals surface area contributed by atoms with E-state index in [0.29, 0.717) is 0 Å². The van der Waals surface area contributed by atoms with Crippen LogP contribution >= 0.6 is 0 Å². The molecule has 0 radical (unpaired) electrons. The molecule has 0 bridgehead atoms. The fourth-order valence-corrected chi connectivity index (χ4v) is 3.76. The second kappa shape index (κ2) is 7.84. The second-order valence-electron chi connectivity index (χ2n) is 7.33. The van der Waals surface area contributed by atoms with Crippen molar-refractivity contribution in [3.8, 4) is 0 Å². The first-order valence-electron chi connectivity index (χ1n) is 9.65. The van der Waals surface area contributed by atoms with Crippen LogP contribution in [-0.4, -0.2) is 40.9 Å². The first-order chi connectivity index (χ1) is 14.5. The minimum atomic E-state index is -1.18. The summed E-state index contributed by atoms with van der Waals surface area (Å²) in [6.07, 6.45) is 3.56. The maximum Gasteiger partial charge on any atom is 0.327 e. The van der Waals surface area contributed by atoms with Crippen molar-refractivity contribution in [2.24, 2.45) is 5.10 Å². The molecule has 1 N–H and O–H groups in total. The van der Waals surface area contributed by atoms with E-state index in [0.717, 1.165) is 41.3 Å². The lowest BCUT2D eigenvalue weighted by atomic mass is 9.97. The number of rotatable bonds is 4. The Morgan fingerprint density at radius 1 is 1.27 bits per heavy atom. The van der Waals surface area contributed by atoms with E-state index in [1.807, 2.05) is 18.2 Å². The van der Waals surface area contributed by atoms with Crippen molar-refractivity contribution in [3.63, 3.8) is 0 Å². The number of aliphatic carboxylic acids is 1. The van der Waals surface area contributed by atoms with Gasteiger partial charge in [-0.1, -0.05) is 36.4 Å². The average Bonchev–Trinajstić information content (AvgIpc) is 3.02. The van der Waals surface area contributed by atoms with Crippen molar-refractivity contribution >= 4 is 35.2 Å². The summed E-state index contributed by atoms with van der Waals surface area (Å²) in [5.74, 6) is -1.83. The zero-order chi connectivity index (χ0) is 21.3. The first-order valence-corrected chi connectivity index (χ1v) is 9.65. The van der Waals surface area contributed by atoms with Crippen LogP contribution < -0.4 is 4.90 Å². The van der Waals surface area contributed by atoms with Gasteiger partial charge < -0.3 is 14.9 Å². The van der Waals surface area contributed by atoms with E-state index in [1.54, 1.807) is 6.08 Å². The molecular weight excluding hydrogens is 380 g/mol. The molecule has 0 saturated carbocycles. The minimum absolute atomic E-state index is 0.0831. The van der Waals surface area contributed by atoms with Gasteiger partial charge in [0, 0.05) is 17.9 Å². The predicted molar refractivity (Wildman–Crippen MR) is 114 cm³/mol. The molecule has 0 atom stereocenters. The summed E-state index contributed by atoms with van der Waals surface area (Å²) in [5, 5.41) is 13.6. The third-order valence-corrected chi connectivity index (χ3v) is 5.19. The normalized spacial score (nSPS) is 17.0. The maximum absolute atomic E-state index is 12.5. The lowest BCUT2D eigenvalue weighted by Gasteiger charge is -2.31. The van der Waals surface area contributed by atoms with E-state index in [1.165, 1.54) is 11.1 Å². The van der Waals surface area contributed by atoms with Gasteiger partial charge in [0.1, 0.15) is 0 Å². The molecular formula is C23H20N4O3. The molecule has 0 unspecified atom stereocenters. The molecule has 0 fully saturated rings. The van der Waals surface area contributed by atoms with Crippen LogP contribution in [0.2, 0.25) is 0 Å². The third-order valence-electron chi connectivity index (χ3n) is 5.19. The predicted octanol–water partition coefficient (Wildman–Crippen LogP) is 3.62. The number of carbonyl (C=O) groups excluding carboxylic acids is 1. The Kier molecular flexibility index (Phi) is 5.07. The number of nitrogens with zero attached hydrogens (tertiary/aromatic N) is 4. The standard InChI is InChI=1S/C23H20N4O3/c1-15-5-8-18(9-6-15)26-11-3-4-17-12-16(7-10-20(17)26)13-19-22(24-2)25-27(23(19)30)14-21(28)29/h5-10,12-13H,3-4,11,14H2,1H3,(H,28,29). The van der Waals surface area contributed by atoms with Crippen molar-refractivity contribution in [2.45, 2.75) is 19.8 Å². The topological polar surface area (TPSA) is 77.6 Å². The Morgan fingerprint density at radius 2 is 2.03 bits per heavy atom. The average molecular weight is 400 g/mol. The Labute approximate surface area is 174 Å². The molecule has 4 rings (SSSR count). The Morgan fingerprint density at radius 3 is 2.73 bits per heavy atom. The van der Waals surface area contributed by atoms with Gasteiger partial charge in [0.2, 0.25) is 0 Å². The smallest absolute Gasteiger partial charge is 0.327 e. The van der Waals surface area contributed by atoms with Gasteiger partial charge in [0.15, 0.2) is 6.54 Å². The van der Waals surface area contributed by atoms with E-state index in [9.17, 15) is 9.59 Å². The lowest BCUT2D eigenvalue weighted by Crippen LogP contribution is -2.28. The van der Waals surface area contributed by atoms with E-state index < -0.39 is 18.4 Å². The number of hydrazone groups is 1. The number of carboxylic acid groups (broad SMARTS) is 1. The van der Waals surface area contributed by atoms with Crippen LogP contribution in [0.1, 0.15) is 23.1 Å². The van der Waals surface area contributed by atoms with Crippen LogP contribution in [0.25, 0.3) is 10.9 Å². The zero-order valence-electron chi connectivity index (χ0n) is 16.5. The van der Waals surface area contributed by atoms with Gasteiger partial charge >= 0.3 is 11.8 Å². The number of aryl methyl sites for hydroxylation is 2. The molecule has 2 heterocycles. The highest BCUT2D eigenvalue weighted by Gasteiger charge is 2.34. The molecule has 2 aliphatic heterocycles. The van der Waals surface area contributed by atoms with E-state index in [-0.39, 0.29) is 11.4 Å². The summed E-state index contributed by atoms with van der Waals surface area (Å²) in [6.45, 7) is 9.71. The van der Waals surface area contributed by atoms with Gasteiger partial charge in [-0.25, -0.2) is 0 Å². The highest BCUT2D eigenvalue weighted by Crippen LogP contribution is 2.34. The van der Waals surface area contributed by atoms with Gasteiger partial charge in [-0.3, -0.25) is 9.59 Å². The molecule has 0 aromatic heterocycles. The number of carboxylic acids is 1. The molecule has 0 aliphatic carbocycles. The van der Waals surface area contributed by atoms with Gasteiger partial charge in [0.25, 0.3) is 5.91 Å². The van der Waals surface area contributed by atoms with Gasteiger partial charge in [-0.05, 0) is 60.3 Å². The number of benzene rings is 2. The quantitative estimate of drug-likeness (QED) is 0.628. The van der Waals surface area contributed by atoms with Gasteiger partial charge in [0.05, 0.1) is 5.57 Å². The minimum Gasteiger partial charge on any atom is -0.480 e. The monoisotopic (exact) mass is 400 g/mol. The van der Waals surface area contributed by atoms with E-state index in [4.69, 9.17) is 11.7 Å². The molecule has 7 heteroatoms. The number of anilines is 2. The number of hydrogen-bond donors (Lipinski definition) is 1. The van der Waals surface area contributed by atoms with Gasteiger partial charge in [-0.2, -0.15) is 0 Å². The lowest BCUT2D eigenvalue weighted by molar-refractivity contribution is -0.142. The van der Waals surface area contributed by atoms with Crippen LogP contribution in [0.5, 0.6) is 0 Å². The molecule has 30 heavy (non-hydrogen) atoms. The molecule has 2 aromatic carbocycles. The van der Waals surface area contributed by atoms with Gasteiger partial charge in [-0.15, -0.1) is 5.01 Å². The summed E-state index contributed by atoms with van der Waals surface area (Å²) < 4.78 is 0. The second-order valence-corrected chi connectivity index (χ2v) is 7.33. The van der Waals surface area contributed by atoms with Crippen LogP contribution in [0.15, 0.2) is 53.1 Å². The summed E-state index contributed by atoms with van der Waals surface area (Å²) in [4.78, 5) is 29.0. The first kappa shape index (κ1) is 19.4. The number of hydrogen-bond acceptors (Lipinski definition) is 4. The molecule has 7 nitrogen and oxygen atoms in total. The van der Waals surface area contributed by atoms with Crippen molar-refractivity contribution in [1.29, 1.82) is 0 Å². The van der Waals surface area contributed by atoms with Crippen molar-refractivity contribution in [3.05, 3.63) is 76.1 Å². The zero-order valence-corrected chi connectivity index (χ0v) is 16.5. The third kappa shape index (κ3) is 3.67. The van der Waals surface area contributed by atoms with Crippen molar-refractivity contribution in [2.75, 3.05) is 18.0 Å².